The van der Waals surface area contributed by atoms with Gasteiger partial charge < -0.3 is 21.4 Å². The van der Waals surface area contributed by atoms with Crippen LogP contribution in [0.4, 0.5) is 0 Å². The highest BCUT2D eigenvalue weighted by Crippen LogP contribution is 2.14. The van der Waals surface area contributed by atoms with E-state index in [2.05, 4.69) is 10.5 Å². The number of rotatable bonds is 7. The molecule has 1 aromatic heterocycles. The van der Waals surface area contributed by atoms with E-state index in [-0.39, 0.29) is 5.84 Å². The van der Waals surface area contributed by atoms with Crippen molar-refractivity contribution in [3.8, 4) is 0 Å². The fourth-order valence-corrected chi connectivity index (χ4v) is 1.97. The SMILES string of the molecule is N/C(CCCNCC(O)c1ccsc1)=N/O. The smallest absolute Gasteiger partial charge is 0.139 e. The molecule has 1 unspecified atom stereocenters. The normalized spacial score (nSPS) is 13.9. The number of amidine groups is 1. The first-order chi connectivity index (χ1) is 7.74. The van der Waals surface area contributed by atoms with Gasteiger partial charge in [0.05, 0.1) is 6.10 Å². The molecule has 1 rings (SSSR count). The maximum Gasteiger partial charge on any atom is 0.139 e. The van der Waals surface area contributed by atoms with Crippen LogP contribution >= 0.6 is 11.3 Å². The van der Waals surface area contributed by atoms with Gasteiger partial charge in [0, 0.05) is 13.0 Å². The van der Waals surface area contributed by atoms with E-state index < -0.39 is 6.10 Å². The van der Waals surface area contributed by atoms with Crippen molar-refractivity contribution in [3.63, 3.8) is 0 Å². The van der Waals surface area contributed by atoms with E-state index in [0.29, 0.717) is 13.0 Å². The molecule has 0 aliphatic rings. The number of nitrogens with zero attached hydrogens (tertiary/aromatic N) is 1. The summed E-state index contributed by atoms with van der Waals surface area (Å²) in [6.07, 6.45) is 0.875. The lowest BCUT2D eigenvalue weighted by Crippen LogP contribution is -2.23. The summed E-state index contributed by atoms with van der Waals surface area (Å²) >= 11 is 1.57. The molecule has 0 radical (unpaired) electrons. The lowest BCUT2D eigenvalue weighted by Gasteiger charge is -2.09. The van der Waals surface area contributed by atoms with Gasteiger partial charge in [0.1, 0.15) is 5.84 Å². The Morgan fingerprint density at radius 3 is 3.06 bits per heavy atom. The van der Waals surface area contributed by atoms with Gasteiger partial charge >= 0.3 is 0 Å². The third-order valence-electron chi connectivity index (χ3n) is 2.18. The molecule has 0 fully saturated rings. The van der Waals surface area contributed by atoms with Crippen LogP contribution in [0.2, 0.25) is 0 Å². The number of nitrogens with two attached hydrogens (primary N) is 1. The second-order valence-corrected chi connectivity index (χ2v) is 4.25. The van der Waals surface area contributed by atoms with Crippen LogP contribution < -0.4 is 11.1 Å². The quantitative estimate of drug-likeness (QED) is 0.188. The first-order valence-corrected chi connectivity index (χ1v) is 6.05. The Morgan fingerprint density at radius 1 is 1.62 bits per heavy atom. The Kier molecular flexibility index (Phi) is 5.84. The number of thiophene rings is 1. The highest BCUT2D eigenvalue weighted by molar-refractivity contribution is 7.07. The molecule has 0 aromatic carbocycles. The van der Waals surface area contributed by atoms with Crippen LogP contribution in [0.25, 0.3) is 0 Å². The van der Waals surface area contributed by atoms with Crippen molar-refractivity contribution < 1.29 is 10.3 Å². The number of hydrogen-bond donors (Lipinski definition) is 4. The van der Waals surface area contributed by atoms with Crippen LogP contribution in [0.1, 0.15) is 24.5 Å². The summed E-state index contributed by atoms with van der Waals surface area (Å²) in [7, 11) is 0. The monoisotopic (exact) mass is 243 g/mol. The van der Waals surface area contributed by atoms with Gasteiger partial charge in [-0.25, -0.2) is 0 Å². The Morgan fingerprint density at radius 2 is 2.44 bits per heavy atom. The highest BCUT2D eigenvalue weighted by Gasteiger charge is 2.06. The highest BCUT2D eigenvalue weighted by atomic mass is 32.1. The third kappa shape index (κ3) is 4.61. The summed E-state index contributed by atoms with van der Waals surface area (Å²) in [6.45, 7) is 1.25. The van der Waals surface area contributed by atoms with Crippen molar-refractivity contribution in [2.24, 2.45) is 10.9 Å². The fraction of sp³-hybridized carbons (Fsp3) is 0.500. The molecule has 0 amide bonds. The summed E-state index contributed by atoms with van der Waals surface area (Å²) < 4.78 is 0. The van der Waals surface area contributed by atoms with E-state index in [1.54, 1.807) is 11.3 Å². The van der Waals surface area contributed by atoms with E-state index in [0.717, 1.165) is 18.5 Å². The second-order valence-electron chi connectivity index (χ2n) is 3.47. The first kappa shape index (κ1) is 13.0. The number of oxime groups is 1. The van der Waals surface area contributed by atoms with Crippen molar-refractivity contribution >= 4 is 17.2 Å². The number of aliphatic hydroxyl groups is 1. The Balaban J connectivity index is 2.07. The predicted molar refractivity (Wildman–Crippen MR) is 64.8 cm³/mol. The minimum atomic E-state index is -0.463. The second kappa shape index (κ2) is 7.21. The zero-order valence-electron chi connectivity index (χ0n) is 8.97. The van der Waals surface area contributed by atoms with Crippen molar-refractivity contribution in [3.05, 3.63) is 22.4 Å². The molecule has 0 saturated heterocycles. The van der Waals surface area contributed by atoms with Crippen molar-refractivity contribution in [2.75, 3.05) is 13.1 Å². The van der Waals surface area contributed by atoms with Crippen molar-refractivity contribution in [1.29, 1.82) is 0 Å². The summed E-state index contributed by atoms with van der Waals surface area (Å²) in [5.41, 5.74) is 6.26. The number of hydrogen-bond acceptors (Lipinski definition) is 5. The third-order valence-corrected chi connectivity index (χ3v) is 2.88. The zero-order chi connectivity index (χ0) is 11.8. The van der Waals surface area contributed by atoms with Crippen LogP contribution in [-0.4, -0.2) is 29.2 Å². The fourth-order valence-electron chi connectivity index (χ4n) is 1.27. The molecule has 16 heavy (non-hydrogen) atoms. The topological polar surface area (TPSA) is 90.9 Å². The van der Waals surface area contributed by atoms with E-state index in [4.69, 9.17) is 10.9 Å². The lowest BCUT2D eigenvalue weighted by atomic mass is 10.2. The molecule has 1 heterocycles. The van der Waals surface area contributed by atoms with E-state index in [1.807, 2.05) is 16.8 Å². The summed E-state index contributed by atoms with van der Waals surface area (Å²) in [4.78, 5) is 0. The van der Waals surface area contributed by atoms with Crippen molar-refractivity contribution in [2.45, 2.75) is 18.9 Å². The molecule has 1 atom stereocenters. The first-order valence-electron chi connectivity index (χ1n) is 5.11. The van der Waals surface area contributed by atoms with Gasteiger partial charge in [-0.3, -0.25) is 0 Å². The van der Waals surface area contributed by atoms with Crippen LogP contribution in [0, 0.1) is 0 Å². The van der Waals surface area contributed by atoms with Gasteiger partial charge in [-0.05, 0) is 35.4 Å². The van der Waals surface area contributed by atoms with Crippen LogP contribution in [0.15, 0.2) is 22.0 Å². The molecule has 0 saturated carbocycles. The number of nitrogens with one attached hydrogen (secondary N) is 1. The minimum Gasteiger partial charge on any atom is -0.409 e. The largest absolute Gasteiger partial charge is 0.409 e. The molecule has 0 bridgehead atoms. The average molecular weight is 243 g/mol. The number of aliphatic hydroxyl groups excluding tert-OH is 1. The van der Waals surface area contributed by atoms with Gasteiger partial charge in [0.2, 0.25) is 0 Å². The molecule has 0 aliphatic carbocycles. The van der Waals surface area contributed by atoms with Crippen LogP contribution in [-0.2, 0) is 0 Å². The van der Waals surface area contributed by atoms with E-state index in [9.17, 15) is 5.11 Å². The maximum absolute atomic E-state index is 9.72. The van der Waals surface area contributed by atoms with Gasteiger partial charge in [0.15, 0.2) is 0 Å². The molecule has 0 aliphatic heterocycles. The van der Waals surface area contributed by atoms with Gasteiger partial charge in [-0.2, -0.15) is 11.3 Å². The lowest BCUT2D eigenvalue weighted by molar-refractivity contribution is 0.175. The van der Waals surface area contributed by atoms with E-state index >= 15 is 0 Å². The Hall–Kier alpha value is -1.11. The van der Waals surface area contributed by atoms with E-state index in [1.165, 1.54) is 0 Å². The minimum absolute atomic E-state index is 0.236. The van der Waals surface area contributed by atoms with Gasteiger partial charge in [0.25, 0.3) is 0 Å². The Labute approximate surface area is 98.6 Å². The predicted octanol–water partition coefficient (Wildman–Crippen LogP) is 0.898. The molecule has 5 nitrogen and oxygen atoms in total. The van der Waals surface area contributed by atoms with Crippen LogP contribution in [0.5, 0.6) is 0 Å². The molecular formula is C10H17N3O2S. The summed E-state index contributed by atoms with van der Waals surface area (Å²) in [5.74, 6) is 0.236. The molecule has 1 aromatic rings. The van der Waals surface area contributed by atoms with Crippen molar-refractivity contribution in [1.82, 2.24) is 5.32 Å². The zero-order valence-corrected chi connectivity index (χ0v) is 9.78. The maximum atomic E-state index is 9.72. The standard InChI is InChI=1S/C10H17N3O2S/c11-10(13-15)2-1-4-12-6-9(14)8-3-5-16-7-8/h3,5,7,9,12,14-15H,1-2,4,6H2,(H2,11,13). The molecule has 6 heteroatoms. The summed E-state index contributed by atoms with van der Waals surface area (Å²) in [6, 6.07) is 1.91. The average Bonchev–Trinajstić information content (AvgIpc) is 2.81. The van der Waals surface area contributed by atoms with Crippen LogP contribution in [0.3, 0.4) is 0 Å². The molecule has 90 valence electrons. The van der Waals surface area contributed by atoms with Gasteiger partial charge in [-0.15, -0.1) is 0 Å². The molecule has 0 spiro atoms. The summed E-state index contributed by atoms with van der Waals surface area (Å²) in [5, 5.41) is 27.9. The Bertz CT molecular complexity index is 314. The molecule has 5 N–H and O–H groups in total. The molecular weight excluding hydrogens is 226 g/mol. The van der Waals surface area contributed by atoms with Gasteiger partial charge in [-0.1, -0.05) is 5.16 Å².